The van der Waals surface area contributed by atoms with Gasteiger partial charge < -0.3 is 29.8 Å². The molecule has 5 rings (SSSR count). The molecule has 0 aliphatic carbocycles. The van der Waals surface area contributed by atoms with Crippen molar-refractivity contribution in [2.75, 3.05) is 18.5 Å². The van der Waals surface area contributed by atoms with Crippen LogP contribution >= 0.6 is 0 Å². The normalized spacial score (nSPS) is 24.7. The van der Waals surface area contributed by atoms with Crippen LogP contribution in [0.4, 0.5) is 5.69 Å². The molecule has 8 nitrogen and oxygen atoms in total. The summed E-state index contributed by atoms with van der Waals surface area (Å²) in [6.07, 6.45) is 5.45. The number of H-pyrrole nitrogens is 1. The zero-order valence-electron chi connectivity index (χ0n) is 24.3. The van der Waals surface area contributed by atoms with E-state index < -0.39 is 8.32 Å². The third kappa shape index (κ3) is 6.75. The number of rotatable bonds is 10. The number of aromatic nitrogens is 1. The number of carbonyl (C=O) groups is 2. The Labute approximate surface area is 243 Å². The Morgan fingerprint density at radius 1 is 1.12 bits per heavy atom. The number of aliphatic hydroxyl groups excluding tert-OH is 1. The molecule has 2 amide bonds. The minimum atomic E-state index is -2.58. The Kier molecular flexibility index (Phi) is 8.99. The maximum atomic E-state index is 13.1. The highest BCUT2D eigenvalue weighted by molar-refractivity contribution is 6.71. The fourth-order valence-electron chi connectivity index (χ4n) is 6.97. The second-order valence-corrected chi connectivity index (χ2v) is 16.3. The van der Waals surface area contributed by atoms with Crippen molar-refractivity contribution in [2.24, 2.45) is 5.92 Å². The highest BCUT2D eigenvalue weighted by Crippen LogP contribution is 2.45. The molecule has 2 aliphatic heterocycles. The van der Waals surface area contributed by atoms with Gasteiger partial charge in [-0.1, -0.05) is 37.3 Å². The number of hydrogen-bond acceptors (Lipinski definition) is 5. The summed E-state index contributed by atoms with van der Waals surface area (Å²) in [5, 5.41) is 13.7. The van der Waals surface area contributed by atoms with Gasteiger partial charge in [-0.15, -0.1) is 0 Å². The summed E-state index contributed by atoms with van der Waals surface area (Å²) in [5.41, 5.74) is 3.88. The van der Waals surface area contributed by atoms with E-state index in [1.54, 1.807) is 4.90 Å². The molecule has 3 aromatic rings. The standard InChI is InChI=1S/C32H43N3O5Si/c1-21-28(40-29(32(21)41(2,3)39)18-31(38)35-16-6-7-25(35)20-36)15-12-22-10-13-24(14-11-22)34-30(37)17-23-19-33-27-9-5-4-8-26(23)27/h4-5,8-11,13-14,19,21,25,28-29,32-33,36,39H,6-7,12,15-18,20H2,1-3H3,(H,34,37)/t21-,25-,28+,29-,32+/m0/s1. The van der Waals surface area contributed by atoms with Gasteiger partial charge in [-0.25, -0.2) is 0 Å². The minimum absolute atomic E-state index is 0.00741. The Bertz CT molecular complexity index is 1350. The van der Waals surface area contributed by atoms with Gasteiger partial charge >= 0.3 is 0 Å². The lowest BCUT2D eigenvalue weighted by molar-refractivity contribution is -0.135. The number of nitrogens with one attached hydrogen (secondary N) is 2. The number of aliphatic hydroxyl groups is 1. The first-order valence-electron chi connectivity index (χ1n) is 14.9. The van der Waals surface area contributed by atoms with Crippen molar-refractivity contribution in [3.8, 4) is 0 Å². The van der Waals surface area contributed by atoms with E-state index in [1.165, 1.54) is 0 Å². The summed E-state index contributed by atoms with van der Waals surface area (Å²) in [7, 11) is -2.58. The summed E-state index contributed by atoms with van der Waals surface area (Å²) >= 11 is 0. The Morgan fingerprint density at radius 3 is 2.61 bits per heavy atom. The van der Waals surface area contributed by atoms with Crippen LogP contribution < -0.4 is 5.32 Å². The molecule has 0 radical (unpaired) electrons. The van der Waals surface area contributed by atoms with E-state index >= 15 is 0 Å². The molecule has 2 saturated heterocycles. The highest BCUT2D eigenvalue weighted by atomic mass is 28.4. The fourth-order valence-corrected chi connectivity index (χ4v) is 9.58. The van der Waals surface area contributed by atoms with Crippen LogP contribution in [0.25, 0.3) is 10.9 Å². The van der Waals surface area contributed by atoms with Crippen LogP contribution in [0.2, 0.25) is 18.6 Å². The molecule has 220 valence electrons. The molecule has 0 spiro atoms. The number of benzene rings is 2. The van der Waals surface area contributed by atoms with Crippen LogP contribution in [-0.2, 0) is 27.2 Å². The maximum absolute atomic E-state index is 13.1. The number of amides is 2. The van der Waals surface area contributed by atoms with Gasteiger partial charge in [0.15, 0.2) is 8.32 Å². The van der Waals surface area contributed by atoms with Crippen molar-refractivity contribution < 1.29 is 24.2 Å². The lowest BCUT2D eigenvalue weighted by atomic mass is 9.95. The Morgan fingerprint density at radius 2 is 1.88 bits per heavy atom. The highest BCUT2D eigenvalue weighted by Gasteiger charge is 2.50. The summed E-state index contributed by atoms with van der Waals surface area (Å²) < 4.78 is 6.50. The van der Waals surface area contributed by atoms with Crippen molar-refractivity contribution in [2.45, 2.75) is 82.3 Å². The zero-order chi connectivity index (χ0) is 29.1. The van der Waals surface area contributed by atoms with Crippen molar-refractivity contribution in [1.82, 2.24) is 9.88 Å². The van der Waals surface area contributed by atoms with Crippen LogP contribution in [0.15, 0.2) is 54.7 Å². The number of para-hydroxylation sites is 1. The maximum Gasteiger partial charge on any atom is 0.228 e. The minimum Gasteiger partial charge on any atom is -0.432 e. The summed E-state index contributed by atoms with van der Waals surface area (Å²) in [4.78, 5) is 42.0. The molecular weight excluding hydrogens is 534 g/mol. The van der Waals surface area contributed by atoms with Gasteiger partial charge in [-0.05, 0) is 74.0 Å². The van der Waals surface area contributed by atoms with E-state index in [-0.39, 0.29) is 54.6 Å². The van der Waals surface area contributed by atoms with E-state index in [0.717, 1.165) is 53.4 Å². The first-order chi connectivity index (χ1) is 19.6. The molecule has 1 aromatic heterocycles. The third-order valence-corrected chi connectivity index (χ3v) is 11.5. The molecule has 2 fully saturated rings. The second-order valence-electron chi connectivity index (χ2n) is 12.3. The average molecular weight is 578 g/mol. The number of aromatic amines is 1. The number of carbonyl (C=O) groups excluding carboxylic acids is 2. The SMILES string of the molecule is C[C@@H]1[C@@H]([Si](C)(C)O)[C@H](CC(=O)N2CCC[C@H]2CO)O[C@@H]1CCc1ccc(NC(=O)Cc2c[nH]c3ccccc23)cc1. The quantitative estimate of drug-likeness (QED) is 0.263. The molecular formula is C32H43N3O5Si. The molecule has 5 atom stereocenters. The van der Waals surface area contributed by atoms with Crippen LogP contribution in [0.5, 0.6) is 0 Å². The first kappa shape index (κ1) is 29.5. The van der Waals surface area contributed by atoms with Crippen LogP contribution in [-0.4, -0.2) is 71.3 Å². The molecule has 0 bridgehead atoms. The topological polar surface area (TPSA) is 115 Å². The van der Waals surface area contributed by atoms with Crippen molar-refractivity contribution in [3.63, 3.8) is 0 Å². The molecule has 9 heteroatoms. The van der Waals surface area contributed by atoms with Crippen molar-refractivity contribution in [3.05, 3.63) is 65.9 Å². The third-order valence-electron chi connectivity index (χ3n) is 8.98. The molecule has 41 heavy (non-hydrogen) atoms. The van der Waals surface area contributed by atoms with Crippen LogP contribution in [0.3, 0.4) is 0 Å². The van der Waals surface area contributed by atoms with Gasteiger partial charge in [-0.2, -0.15) is 0 Å². The van der Waals surface area contributed by atoms with Gasteiger partial charge in [0, 0.05) is 34.9 Å². The Balaban J connectivity index is 1.15. The van der Waals surface area contributed by atoms with E-state index in [9.17, 15) is 19.5 Å². The molecule has 2 aliphatic rings. The molecule has 0 unspecified atom stereocenters. The van der Waals surface area contributed by atoms with Crippen molar-refractivity contribution in [1.29, 1.82) is 0 Å². The zero-order valence-corrected chi connectivity index (χ0v) is 25.3. The fraction of sp³-hybridized carbons (Fsp3) is 0.500. The lowest BCUT2D eigenvalue weighted by Gasteiger charge is -2.31. The molecule has 0 saturated carbocycles. The summed E-state index contributed by atoms with van der Waals surface area (Å²) in [6.45, 7) is 6.69. The smallest absolute Gasteiger partial charge is 0.228 e. The van der Waals surface area contributed by atoms with Gasteiger partial charge in [0.25, 0.3) is 0 Å². The van der Waals surface area contributed by atoms with E-state index in [0.29, 0.717) is 13.0 Å². The first-order valence-corrected chi connectivity index (χ1v) is 17.9. The van der Waals surface area contributed by atoms with E-state index in [2.05, 4.69) is 17.2 Å². The monoisotopic (exact) mass is 577 g/mol. The van der Waals surface area contributed by atoms with Crippen molar-refractivity contribution >= 4 is 36.7 Å². The molecule has 4 N–H and O–H groups in total. The number of nitrogens with zero attached hydrogens (tertiary/aromatic N) is 1. The lowest BCUT2D eigenvalue weighted by Crippen LogP contribution is -2.43. The average Bonchev–Trinajstić information content (AvgIpc) is 3.65. The molecule has 3 heterocycles. The number of aryl methyl sites for hydroxylation is 1. The van der Waals surface area contributed by atoms with Gasteiger partial charge in [-0.3, -0.25) is 9.59 Å². The number of anilines is 1. The summed E-state index contributed by atoms with van der Waals surface area (Å²) in [5.74, 6) is 0.108. The van der Waals surface area contributed by atoms with E-state index in [1.807, 2.05) is 67.8 Å². The van der Waals surface area contributed by atoms with Gasteiger partial charge in [0.05, 0.1) is 37.7 Å². The van der Waals surface area contributed by atoms with E-state index in [4.69, 9.17) is 4.74 Å². The van der Waals surface area contributed by atoms with Gasteiger partial charge in [0.2, 0.25) is 11.8 Å². The number of ether oxygens (including phenoxy) is 1. The molecule has 2 aromatic carbocycles. The van der Waals surface area contributed by atoms with Crippen LogP contribution in [0, 0.1) is 5.92 Å². The largest absolute Gasteiger partial charge is 0.432 e. The predicted octanol–water partition coefficient (Wildman–Crippen LogP) is 4.63. The predicted molar refractivity (Wildman–Crippen MR) is 163 cm³/mol. The van der Waals surface area contributed by atoms with Crippen LogP contribution in [0.1, 0.15) is 43.7 Å². The number of hydrogen-bond donors (Lipinski definition) is 4. The van der Waals surface area contributed by atoms with Gasteiger partial charge in [0.1, 0.15) is 0 Å². The number of fused-ring (bicyclic) bond motifs is 1. The second kappa shape index (κ2) is 12.5. The summed E-state index contributed by atoms with van der Waals surface area (Å²) in [6, 6.07) is 15.8. The Hall–Kier alpha value is -2.98. The number of likely N-dealkylation sites (tertiary alicyclic amines) is 1.